The van der Waals surface area contributed by atoms with Gasteiger partial charge in [-0.05, 0) is 18.6 Å². The molecule has 0 heterocycles. The molecule has 0 aliphatic carbocycles. The fourth-order valence-corrected chi connectivity index (χ4v) is 2.12. The zero-order chi connectivity index (χ0) is 18.5. The zero-order valence-corrected chi connectivity index (χ0v) is 13.2. The first kappa shape index (κ1) is 19.7. The third-order valence-corrected chi connectivity index (χ3v) is 3.75. The van der Waals surface area contributed by atoms with Crippen LogP contribution < -0.4 is 9.50 Å². The van der Waals surface area contributed by atoms with Crippen molar-refractivity contribution in [2.75, 3.05) is 6.54 Å². The van der Waals surface area contributed by atoms with Gasteiger partial charge in [-0.25, -0.2) is 4.79 Å². The van der Waals surface area contributed by atoms with Crippen LogP contribution >= 0.6 is 0 Å². The van der Waals surface area contributed by atoms with Crippen molar-refractivity contribution in [1.29, 1.82) is 0 Å². The van der Waals surface area contributed by atoms with Crippen molar-refractivity contribution in [3.63, 3.8) is 0 Å². The number of halogens is 3. The molecule has 1 rings (SSSR count). The molecule has 0 radical (unpaired) electrons. The van der Waals surface area contributed by atoms with Crippen molar-refractivity contribution >= 4 is 22.0 Å². The second-order valence-corrected chi connectivity index (χ2v) is 6.11. The van der Waals surface area contributed by atoms with E-state index in [1.54, 1.807) is 0 Å². The molecule has 1 aromatic carbocycles. The van der Waals surface area contributed by atoms with E-state index in [1.807, 2.05) is 6.92 Å². The fourth-order valence-electron chi connectivity index (χ4n) is 1.65. The first-order valence-corrected chi connectivity index (χ1v) is 8.07. The number of unbranched alkanes of at least 4 members (excludes halogenated alkanes) is 1. The molecular formula is C13H14F3NO6S. The minimum absolute atomic E-state index is 0.134. The minimum atomic E-state index is -6.05. The van der Waals surface area contributed by atoms with Gasteiger partial charge in [0, 0.05) is 6.54 Å². The third-order valence-electron chi connectivity index (χ3n) is 2.78. The van der Waals surface area contributed by atoms with Gasteiger partial charge in [-0.2, -0.15) is 21.6 Å². The van der Waals surface area contributed by atoms with Crippen LogP contribution in [0.3, 0.4) is 0 Å². The molecule has 0 saturated carbocycles. The van der Waals surface area contributed by atoms with Crippen LogP contribution in [-0.4, -0.2) is 37.5 Å². The molecule has 1 aromatic rings. The topological polar surface area (TPSA) is 110 Å². The van der Waals surface area contributed by atoms with Crippen molar-refractivity contribution in [3.8, 4) is 5.75 Å². The van der Waals surface area contributed by atoms with Crippen LogP contribution in [0.2, 0.25) is 0 Å². The molecule has 11 heteroatoms. The summed E-state index contributed by atoms with van der Waals surface area (Å²) in [5.41, 5.74) is -7.20. The molecule has 0 saturated heterocycles. The van der Waals surface area contributed by atoms with Crippen molar-refractivity contribution in [2.45, 2.75) is 25.3 Å². The third kappa shape index (κ3) is 4.60. The van der Waals surface area contributed by atoms with E-state index in [0.717, 1.165) is 18.2 Å². The van der Waals surface area contributed by atoms with Gasteiger partial charge in [-0.1, -0.05) is 19.4 Å². The Bertz CT molecular complexity index is 730. The van der Waals surface area contributed by atoms with E-state index in [-0.39, 0.29) is 6.54 Å². The van der Waals surface area contributed by atoms with E-state index in [4.69, 9.17) is 5.11 Å². The smallest absolute Gasteiger partial charge is 0.478 e. The van der Waals surface area contributed by atoms with Crippen molar-refractivity contribution in [2.24, 2.45) is 0 Å². The molecule has 134 valence electrons. The molecule has 1 amide bonds. The van der Waals surface area contributed by atoms with Gasteiger partial charge in [0.1, 0.15) is 0 Å². The molecule has 0 unspecified atom stereocenters. The summed E-state index contributed by atoms with van der Waals surface area (Å²) < 4.78 is 63.5. The van der Waals surface area contributed by atoms with Crippen LogP contribution in [-0.2, 0) is 10.1 Å². The first-order valence-electron chi connectivity index (χ1n) is 6.66. The average molecular weight is 369 g/mol. The lowest BCUT2D eigenvalue weighted by molar-refractivity contribution is -0.0500. The highest BCUT2D eigenvalue weighted by molar-refractivity contribution is 7.88. The predicted octanol–water partition coefficient (Wildman–Crippen LogP) is 2.14. The van der Waals surface area contributed by atoms with Gasteiger partial charge in [-0.15, -0.1) is 0 Å². The van der Waals surface area contributed by atoms with E-state index in [1.165, 1.54) is 0 Å². The zero-order valence-electron chi connectivity index (χ0n) is 12.4. The van der Waals surface area contributed by atoms with Crippen LogP contribution in [0.15, 0.2) is 18.2 Å². The van der Waals surface area contributed by atoms with Crippen LogP contribution in [0.1, 0.15) is 40.5 Å². The van der Waals surface area contributed by atoms with E-state index in [2.05, 4.69) is 9.50 Å². The van der Waals surface area contributed by atoms with E-state index in [9.17, 15) is 31.2 Å². The number of hydrogen-bond acceptors (Lipinski definition) is 5. The maximum Gasteiger partial charge on any atom is 0.534 e. The van der Waals surface area contributed by atoms with E-state index >= 15 is 0 Å². The molecule has 0 aromatic heterocycles. The van der Waals surface area contributed by atoms with Crippen molar-refractivity contribution < 1.29 is 40.5 Å². The van der Waals surface area contributed by atoms with E-state index in [0.29, 0.717) is 12.8 Å². The van der Waals surface area contributed by atoms with Crippen molar-refractivity contribution in [1.82, 2.24) is 5.32 Å². The number of amides is 1. The highest BCUT2D eigenvalue weighted by Crippen LogP contribution is 2.30. The van der Waals surface area contributed by atoms with Gasteiger partial charge in [0.25, 0.3) is 5.91 Å². The Morgan fingerprint density at radius 3 is 2.42 bits per heavy atom. The molecule has 0 spiro atoms. The summed E-state index contributed by atoms with van der Waals surface area (Å²) in [6.07, 6.45) is 1.24. The summed E-state index contributed by atoms with van der Waals surface area (Å²) in [4.78, 5) is 23.2. The number of rotatable bonds is 7. The fraction of sp³-hybridized carbons (Fsp3) is 0.385. The van der Waals surface area contributed by atoms with Gasteiger partial charge in [-0.3, -0.25) is 4.79 Å². The molecule has 0 aliphatic rings. The minimum Gasteiger partial charge on any atom is -0.478 e. The van der Waals surface area contributed by atoms with Crippen LogP contribution in [0.5, 0.6) is 5.75 Å². The standard InChI is InChI=1S/C13H14F3NO6S/c1-2-3-7-17-11(18)10-8(12(19)20)5-4-6-9(10)23-24(21,22)13(14,15)16/h4-6H,2-3,7H2,1H3,(H,17,18)(H,19,20). The van der Waals surface area contributed by atoms with Crippen molar-refractivity contribution in [3.05, 3.63) is 29.3 Å². The Kier molecular flexibility index (Phi) is 6.18. The lowest BCUT2D eigenvalue weighted by Crippen LogP contribution is -2.31. The number of carbonyl (C=O) groups excluding carboxylic acids is 1. The second kappa shape index (κ2) is 7.51. The Labute approximate surface area is 135 Å². The molecule has 24 heavy (non-hydrogen) atoms. The van der Waals surface area contributed by atoms with Crippen LogP contribution in [0.4, 0.5) is 13.2 Å². The summed E-state index contributed by atoms with van der Waals surface area (Å²) in [5, 5.41) is 11.4. The van der Waals surface area contributed by atoms with Gasteiger partial charge < -0.3 is 14.6 Å². The number of alkyl halides is 3. The molecule has 2 N–H and O–H groups in total. The summed E-state index contributed by atoms with van der Waals surface area (Å²) in [5.74, 6) is -3.68. The lowest BCUT2D eigenvalue weighted by atomic mass is 10.1. The van der Waals surface area contributed by atoms with Gasteiger partial charge >= 0.3 is 21.6 Å². The number of benzene rings is 1. The molecule has 0 fully saturated rings. The Morgan fingerprint density at radius 1 is 1.29 bits per heavy atom. The number of carbonyl (C=O) groups is 2. The monoisotopic (exact) mass is 369 g/mol. The van der Waals surface area contributed by atoms with Gasteiger partial charge in [0.2, 0.25) is 0 Å². The molecule has 0 atom stereocenters. The Balaban J connectivity index is 3.33. The van der Waals surface area contributed by atoms with E-state index < -0.39 is 44.4 Å². The van der Waals surface area contributed by atoms with Crippen LogP contribution in [0.25, 0.3) is 0 Å². The summed E-state index contributed by atoms with van der Waals surface area (Å²) in [7, 11) is -6.05. The summed E-state index contributed by atoms with van der Waals surface area (Å²) >= 11 is 0. The predicted molar refractivity (Wildman–Crippen MR) is 76.2 cm³/mol. The molecule has 0 aliphatic heterocycles. The maximum absolute atomic E-state index is 12.4. The number of hydrogen-bond donors (Lipinski definition) is 2. The molecule has 7 nitrogen and oxygen atoms in total. The maximum atomic E-state index is 12.4. The lowest BCUT2D eigenvalue weighted by Gasteiger charge is -2.14. The number of carboxylic acid groups (broad SMARTS) is 1. The first-order chi connectivity index (χ1) is 11.0. The molecule has 0 bridgehead atoms. The average Bonchev–Trinajstić information content (AvgIpc) is 2.45. The Morgan fingerprint density at radius 2 is 1.92 bits per heavy atom. The van der Waals surface area contributed by atoms with Gasteiger partial charge in [0.05, 0.1) is 11.1 Å². The second-order valence-electron chi connectivity index (χ2n) is 4.58. The SMILES string of the molecule is CCCCNC(=O)c1c(OS(=O)(=O)C(F)(F)F)cccc1C(=O)O. The number of nitrogens with one attached hydrogen (secondary N) is 1. The quantitative estimate of drug-likeness (QED) is 0.433. The summed E-state index contributed by atoms with van der Waals surface area (Å²) in [6, 6.07) is 2.68. The highest BCUT2D eigenvalue weighted by Gasteiger charge is 2.49. The normalized spacial score (nSPS) is 11.8. The van der Waals surface area contributed by atoms with Crippen LogP contribution in [0, 0.1) is 0 Å². The number of carboxylic acids is 1. The summed E-state index contributed by atoms with van der Waals surface area (Å²) in [6.45, 7) is 1.95. The largest absolute Gasteiger partial charge is 0.534 e. The van der Waals surface area contributed by atoms with Gasteiger partial charge in [0.15, 0.2) is 5.75 Å². The Hall–Kier alpha value is -2.30. The highest BCUT2D eigenvalue weighted by atomic mass is 32.2. The molecular weight excluding hydrogens is 355 g/mol. The number of aromatic carboxylic acids is 1.